The van der Waals surface area contributed by atoms with Crippen LogP contribution in [0, 0.1) is 0 Å². The maximum Gasteiger partial charge on any atom is 0.292 e. The van der Waals surface area contributed by atoms with Gasteiger partial charge in [0.05, 0.1) is 18.5 Å². The van der Waals surface area contributed by atoms with Crippen LogP contribution >= 0.6 is 0 Å². The van der Waals surface area contributed by atoms with Crippen LogP contribution < -0.4 is 10.3 Å². The van der Waals surface area contributed by atoms with Crippen molar-refractivity contribution in [2.75, 3.05) is 7.11 Å². The van der Waals surface area contributed by atoms with Crippen molar-refractivity contribution in [2.45, 2.75) is 19.8 Å². The third kappa shape index (κ3) is 3.68. The molecule has 0 aliphatic heterocycles. The lowest BCUT2D eigenvalue weighted by Gasteiger charge is -2.04. The minimum atomic E-state index is -0.312. The van der Waals surface area contributed by atoms with Crippen molar-refractivity contribution in [1.29, 1.82) is 0 Å². The first-order valence-electron chi connectivity index (χ1n) is 8.05. The predicted molar refractivity (Wildman–Crippen MR) is 98.1 cm³/mol. The number of rotatable bonds is 5. The molecule has 1 heterocycles. The second-order valence-electron chi connectivity index (χ2n) is 5.98. The molecule has 3 rings (SSSR count). The molecular weight excluding hydrogens is 316 g/mol. The van der Waals surface area contributed by atoms with Crippen molar-refractivity contribution >= 4 is 11.4 Å². The van der Waals surface area contributed by atoms with Gasteiger partial charge in [0.2, 0.25) is 0 Å². The highest BCUT2D eigenvalue weighted by Gasteiger charge is 2.11. The van der Waals surface area contributed by atoms with Crippen molar-refractivity contribution < 1.29 is 4.74 Å². The highest BCUT2D eigenvalue weighted by molar-refractivity contribution is 5.71. The summed E-state index contributed by atoms with van der Waals surface area (Å²) >= 11 is 0. The second kappa shape index (κ2) is 7.17. The number of hydrogen-bond acceptors (Lipinski definition) is 4. The Morgan fingerprint density at radius 2 is 1.60 bits per heavy atom. The Balaban J connectivity index is 1.89. The SMILES string of the molecule is COc1ccc(-c2[nH][nH]c(=O)c2N=Nc2ccc(C(C)C)cc2)cc1. The van der Waals surface area contributed by atoms with Crippen LogP contribution in [0.25, 0.3) is 11.3 Å². The third-order valence-corrected chi connectivity index (χ3v) is 3.96. The topological polar surface area (TPSA) is 82.6 Å². The van der Waals surface area contributed by atoms with Crippen LogP contribution in [0.1, 0.15) is 25.3 Å². The molecule has 0 spiro atoms. The van der Waals surface area contributed by atoms with E-state index in [0.717, 1.165) is 11.3 Å². The smallest absolute Gasteiger partial charge is 0.292 e. The fourth-order valence-electron chi connectivity index (χ4n) is 2.45. The zero-order chi connectivity index (χ0) is 17.8. The van der Waals surface area contributed by atoms with E-state index in [1.54, 1.807) is 7.11 Å². The molecular formula is C19H20N4O2. The molecule has 25 heavy (non-hydrogen) atoms. The molecule has 0 saturated heterocycles. The molecule has 6 heteroatoms. The standard InChI is InChI=1S/C19H20N4O2/c1-12(2)13-4-8-15(9-5-13)20-22-18-17(21-23-19(18)24)14-6-10-16(25-3)11-7-14/h4-12H,1-3H3,(H2,21,23,24). The van der Waals surface area contributed by atoms with Crippen LogP contribution in [0.4, 0.5) is 11.4 Å². The van der Waals surface area contributed by atoms with Gasteiger partial charge >= 0.3 is 0 Å². The van der Waals surface area contributed by atoms with Crippen LogP contribution in [-0.2, 0) is 0 Å². The largest absolute Gasteiger partial charge is 0.497 e. The van der Waals surface area contributed by atoms with Gasteiger partial charge in [-0.1, -0.05) is 26.0 Å². The van der Waals surface area contributed by atoms with Crippen LogP contribution in [-0.4, -0.2) is 17.3 Å². The summed E-state index contributed by atoms with van der Waals surface area (Å²) in [6.07, 6.45) is 0. The van der Waals surface area contributed by atoms with E-state index in [1.165, 1.54) is 5.56 Å². The molecule has 6 nitrogen and oxygen atoms in total. The first-order chi connectivity index (χ1) is 12.1. The maximum atomic E-state index is 12.0. The van der Waals surface area contributed by atoms with Gasteiger partial charge < -0.3 is 4.74 Å². The number of azo groups is 1. The van der Waals surface area contributed by atoms with Crippen LogP contribution in [0.3, 0.4) is 0 Å². The van der Waals surface area contributed by atoms with Crippen molar-refractivity contribution in [2.24, 2.45) is 10.2 Å². The number of hydrogen-bond donors (Lipinski definition) is 2. The summed E-state index contributed by atoms with van der Waals surface area (Å²) in [6, 6.07) is 15.2. The molecule has 0 amide bonds. The Labute approximate surface area is 145 Å². The van der Waals surface area contributed by atoms with Gasteiger partial charge in [-0.15, -0.1) is 5.11 Å². The molecule has 0 radical (unpaired) electrons. The van der Waals surface area contributed by atoms with Crippen LogP contribution in [0.2, 0.25) is 0 Å². The number of ether oxygens (including phenoxy) is 1. The fourth-order valence-corrected chi connectivity index (χ4v) is 2.45. The first kappa shape index (κ1) is 16.7. The number of aromatic nitrogens is 2. The molecule has 2 aromatic carbocycles. The third-order valence-electron chi connectivity index (χ3n) is 3.96. The van der Waals surface area contributed by atoms with E-state index in [9.17, 15) is 4.79 Å². The zero-order valence-corrected chi connectivity index (χ0v) is 14.4. The molecule has 128 valence electrons. The molecule has 2 N–H and O–H groups in total. The van der Waals surface area contributed by atoms with Crippen LogP contribution in [0.5, 0.6) is 5.75 Å². The first-order valence-corrected chi connectivity index (χ1v) is 8.05. The maximum absolute atomic E-state index is 12.0. The summed E-state index contributed by atoms with van der Waals surface area (Å²) in [4.78, 5) is 12.0. The lowest BCUT2D eigenvalue weighted by molar-refractivity contribution is 0.415. The van der Waals surface area contributed by atoms with Gasteiger partial charge in [0.15, 0.2) is 5.69 Å². The van der Waals surface area contributed by atoms with Gasteiger partial charge in [0, 0.05) is 5.56 Å². The summed E-state index contributed by atoms with van der Waals surface area (Å²) in [7, 11) is 1.61. The number of benzene rings is 2. The van der Waals surface area contributed by atoms with E-state index in [2.05, 4.69) is 34.3 Å². The zero-order valence-electron chi connectivity index (χ0n) is 14.4. The Morgan fingerprint density at radius 3 is 2.20 bits per heavy atom. The second-order valence-corrected chi connectivity index (χ2v) is 5.98. The number of nitrogens with one attached hydrogen (secondary N) is 2. The van der Waals surface area contributed by atoms with E-state index in [-0.39, 0.29) is 11.2 Å². The predicted octanol–water partition coefficient (Wildman–Crippen LogP) is 4.92. The van der Waals surface area contributed by atoms with Gasteiger partial charge in [0.1, 0.15) is 5.75 Å². The van der Waals surface area contributed by atoms with Crippen molar-refractivity contribution in [3.05, 3.63) is 64.4 Å². The van der Waals surface area contributed by atoms with Gasteiger partial charge in [-0.25, -0.2) is 0 Å². The molecule has 0 fully saturated rings. The van der Waals surface area contributed by atoms with E-state index >= 15 is 0 Å². The van der Waals surface area contributed by atoms with E-state index in [0.29, 0.717) is 17.3 Å². The minimum absolute atomic E-state index is 0.248. The fraction of sp³-hybridized carbons (Fsp3) is 0.211. The Bertz CT molecular complexity index is 919. The number of methoxy groups -OCH3 is 1. The molecule has 0 bridgehead atoms. The molecule has 0 saturated carbocycles. The molecule has 1 aromatic heterocycles. The molecule has 0 aliphatic rings. The quantitative estimate of drug-likeness (QED) is 0.648. The van der Waals surface area contributed by atoms with Gasteiger partial charge in [-0.05, 0) is 47.9 Å². The Kier molecular flexibility index (Phi) is 4.79. The lowest BCUT2D eigenvalue weighted by Crippen LogP contribution is -1.96. The van der Waals surface area contributed by atoms with Gasteiger partial charge in [0.25, 0.3) is 5.56 Å². The number of H-pyrrole nitrogens is 2. The normalized spacial score (nSPS) is 11.4. The summed E-state index contributed by atoms with van der Waals surface area (Å²) < 4.78 is 5.15. The molecule has 0 aliphatic carbocycles. The van der Waals surface area contributed by atoms with Crippen molar-refractivity contribution in [1.82, 2.24) is 10.2 Å². The monoisotopic (exact) mass is 336 g/mol. The van der Waals surface area contributed by atoms with Crippen molar-refractivity contribution in [3.63, 3.8) is 0 Å². The van der Waals surface area contributed by atoms with E-state index in [1.807, 2.05) is 48.5 Å². The van der Waals surface area contributed by atoms with E-state index in [4.69, 9.17) is 4.74 Å². The molecule has 0 atom stereocenters. The summed E-state index contributed by atoms with van der Waals surface area (Å²) in [5, 5.41) is 13.8. The Morgan fingerprint density at radius 1 is 0.920 bits per heavy atom. The highest BCUT2D eigenvalue weighted by Crippen LogP contribution is 2.28. The lowest BCUT2D eigenvalue weighted by atomic mass is 10.0. The van der Waals surface area contributed by atoms with E-state index < -0.39 is 0 Å². The number of nitrogens with zero attached hydrogens (tertiary/aromatic N) is 2. The van der Waals surface area contributed by atoms with Crippen LogP contribution in [0.15, 0.2) is 63.6 Å². The summed E-state index contributed by atoms with van der Waals surface area (Å²) in [6.45, 7) is 4.27. The summed E-state index contributed by atoms with van der Waals surface area (Å²) in [5.41, 5.74) is 3.29. The average molecular weight is 336 g/mol. The Hall–Kier alpha value is -3.15. The highest BCUT2D eigenvalue weighted by atomic mass is 16.5. The van der Waals surface area contributed by atoms with Crippen molar-refractivity contribution in [3.8, 4) is 17.0 Å². The molecule has 3 aromatic rings. The molecule has 0 unspecified atom stereocenters. The average Bonchev–Trinajstić information content (AvgIpc) is 3.01. The van der Waals surface area contributed by atoms with Gasteiger partial charge in [-0.3, -0.25) is 15.0 Å². The summed E-state index contributed by atoms with van der Waals surface area (Å²) in [5.74, 6) is 1.20. The van der Waals surface area contributed by atoms with Gasteiger partial charge in [-0.2, -0.15) is 5.11 Å². The number of aromatic amines is 2. The minimum Gasteiger partial charge on any atom is -0.497 e.